The van der Waals surface area contributed by atoms with Gasteiger partial charge in [0.25, 0.3) is 0 Å². The molecule has 4 rings (SSSR count). The molecule has 0 bridgehead atoms. The molecule has 1 fully saturated rings. The number of carbonyl (C=O) groups is 1. The van der Waals surface area contributed by atoms with Crippen molar-refractivity contribution in [2.45, 2.75) is 38.0 Å². The molecule has 0 atom stereocenters. The van der Waals surface area contributed by atoms with E-state index in [4.69, 9.17) is 4.74 Å². The van der Waals surface area contributed by atoms with Crippen LogP contribution in [0.2, 0.25) is 0 Å². The second kappa shape index (κ2) is 9.43. The van der Waals surface area contributed by atoms with Gasteiger partial charge in [-0.25, -0.2) is 0 Å². The molecule has 1 saturated carbocycles. The zero-order valence-corrected chi connectivity index (χ0v) is 18.5. The number of rotatable bonds is 6. The SMILES string of the molecule is O=C(c1ccc(Br)cc1)c1ccc(Oc2ccc(C3CCCCC3)cc2)c([N+](=O)[O-])c1. The molecule has 3 aromatic rings. The molecule has 0 spiro atoms. The van der Waals surface area contributed by atoms with Gasteiger partial charge in [-0.1, -0.05) is 47.3 Å². The lowest BCUT2D eigenvalue weighted by molar-refractivity contribution is -0.385. The highest BCUT2D eigenvalue weighted by Crippen LogP contribution is 2.36. The number of ether oxygens (including phenoxy) is 1. The summed E-state index contributed by atoms with van der Waals surface area (Å²) >= 11 is 3.33. The number of ketones is 1. The molecule has 0 unspecified atom stereocenters. The molecule has 1 aliphatic carbocycles. The number of hydrogen-bond donors (Lipinski definition) is 0. The number of hydrogen-bond acceptors (Lipinski definition) is 4. The summed E-state index contributed by atoms with van der Waals surface area (Å²) in [5.74, 6) is 0.956. The van der Waals surface area contributed by atoms with Crippen molar-refractivity contribution in [3.63, 3.8) is 0 Å². The molecule has 0 heterocycles. The summed E-state index contributed by atoms with van der Waals surface area (Å²) in [4.78, 5) is 23.8. The van der Waals surface area contributed by atoms with Crippen molar-refractivity contribution < 1.29 is 14.5 Å². The summed E-state index contributed by atoms with van der Waals surface area (Å²) in [6.07, 6.45) is 6.25. The fourth-order valence-electron chi connectivity index (χ4n) is 4.03. The highest BCUT2D eigenvalue weighted by molar-refractivity contribution is 9.10. The first-order chi connectivity index (χ1) is 15.0. The zero-order chi connectivity index (χ0) is 21.8. The predicted molar refractivity (Wildman–Crippen MR) is 123 cm³/mol. The van der Waals surface area contributed by atoms with Gasteiger partial charge in [-0.15, -0.1) is 0 Å². The van der Waals surface area contributed by atoms with E-state index in [1.54, 1.807) is 30.3 Å². The van der Waals surface area contributed by atoms with Crippen LogP contribution in [0.1, 0.15) is 59.5 Å². The molecule has 0 amide bonds. The van der Waals surface area contributed by atoms with Crippen molar-refractivity contribution in [2.24, 2.45) is 0 Å². The van der Waals surface area contributed by atoms with Crippen molar-refractivity contribution >= 4 is 27.4 Å². The average molecular weight is 480 g/mol. The quantitative estimate of drug-likeness (QED) is 0.209. The maximum atomic E-state index is 12.7. The standard InChI is InChI=1S/C25H22BrNO4/c26-21-11-6-19(7-12-21)25(28)20-10-15-24(23(16-20)27(29)30)31-22-13-8-18(9-14-22)17-4-2-1-3-5-17/h6-17H,1-5H2. The molecule has 0 aliphatic heterocycles. The summed E-state index contributed by atoms with van der Waals surface area (Å²) in [7, 11) is 0. The first-order valence-corrected chi connectivity index (χ1v) is 11.2. The minimum atomic E-state index is -0.524. The van der Waals surface area contributed by atoms with E-state index in [9.17, 15) is 14.9 Å². The second-order valence-corrected chi connectivity index (χ2v) is 8.70. The van der Waals surface area contributed by atoms with E-state index in [-0.39, 0.29) is 22.8 Å². The van der Waals surface area contributed by atoms with Gasteiger partial charge in [0.2, 0.25) is 5.75 Å². The number of nitro groups is 1. The van der Waals surface area contributed by atoms with Gasteiger partial charge in [0.05, 0.1) is 4.92 Å². The lowest BCUT2D eigenvalue weighted by Gasteiger charge is -2.22. The van der Waals surface area contributed by atoms with E-state index >= 15 is 0 Å². The molecular formula is C25H22BrNO4. The highest BCUT2D eigenvalue weighted by Gasteiger charge is 2.21. The Morgan fingerprint density at radius 2 is 1.55 bits per heavy atom. The van der Waals surface area contributed by atoms with Crippen molar-refractivity contribution in [3.05, 3.63) is 98.0 Å². The molecule has 1 aliphatic rings. The van der Waals surface area contributed by atoms with Crippen LogP contribution >= 0.6 is 15.9 Å². The Morgan fingerprint density at radius 3 is 2.19 bits per heavy atom. The van der Waals surface area contributed by atoms with E-state index in [2.05, 4.69) is 15.9 Å². The molecule has 0 aromatic heterocycles. The minimum absolute atomic E-state index is 0.114. The Kier molecular flexibility index (Phi) is 6.47. The second-order valence-electron chi connectivity index (χ2n) is 7.78. The van der Waals surface area contributed by atoms with E-state index in [1.807, 2.05) is 24.3 Å². The largest absolute Gasteiger partial charge is 0.450 e. The van der Waals surface area contributed by atoms with Crippen LogP contribution in [0, 0.1) is 10.1 Å². The molecule has 3 aromatic carbocycles. The lowest BCUT2D eigenvalue weighted by atomic mass is 9.84. The third-order valence-electron chi connectivity index (χ3n) is 5.71. The molecule has 31 heavy (non-hydrogen) atoms. The Labute approximate surface area is 189 Å². The smallest absolute Gasteiger partial charge is 0.312 e. The fraction of sp³-hybridized carbons (Fsp3) is 0.240. The Balaban J connectivity index is 1.55. The molecule has 5 nitrogen and oxygen atoms in total. The third-order valence-corrected chi connectivity index (χ3v) is 6.24. The molecule has 0 N–H and O–H groups in total. The zero-order valence-electron chi connectivity index (χ0n) is 16.9. The van der Waals surface area contributed by atoms with Crippen LogP contribution in [0.15, 0.2) is 71.2 Å². The molecule has 6 heteroatoms. The van der Waals surface area contributed by atoms with Crippen molar-refractivity contribution in [1.82, 2.24) is 0 Å². The van der Waals surface area contributed by atoms with Gasteiger partial charge in [-0.3, -0.25) is 14.9 Å². The fourth-order valence-corrected chi connectivity index (χ4v) is 4.29. The summed E-state index contributed by atoms with van der Waals surface area (Å²) in [6.45, 7) is 0. The molecular weight excluding hydrogens is 458 g/mol. The van der Waals surface area contributed by atoms with Crippen molar-refractivity contribution in [3.8, 4) is 11.5 Å². The van der Waals surface area contributed by atoms with Gasteiger partial charge in [0, 0.05) is 21.7 Å². The molecule has 158 valence electrons. The molecule has 0 saturated heterocycles. The van der Waals surface area contributed by atoms with Gasteiger partial charge < -0.3 is 4.74 Å². The predicted octanol–water partition coefficient (Wildman–Crippen LogP) is 7.43. The molecule has 0 radical (unpaired) electrons. The Hall–Kier alpha value is -2.99. The van der Waals surface area contributed by atoms with Crippen LogP contribution in [0.3, 0.4) is 0 Å². The Bertz CT molecular complexity index is 1090. The number of halogens is 1. The van der Waals surface area contributed by atoms with Crippen LogP contribution in [-0.2, 0) is 0 Å². The highest BCUT2D eigenvalue weighted by atomic mass is 79.9. The number of benzene rings is 3. The summed E-state index contributed by atoms with van der Waals surface area (Å²) in [6, 6.07) is 19.0. The monoisotopic (exact) mass is 479 g/mol. The van der Waals surface area contributed by atoms with Gasteiger partial charge in [0.1, 0.15) is 5.75 Å². The summed E-state index contributed by atoms with van der Waals surface area (Å²) < 4.78 is 6.67. The van der Waals surface area contributed by atoms with E-state index in [0.29, 0.717) is 17.2 Å². The van der Waals surface area contributed by atoms with Crippen LogP contribution < -0.4 is 4.74 Å². The number of nitrogens with zero attached hydrogens (tertiary/aromatic N) is 1. The number of carbonyl (C=O) groups excluding carboxylic acids is 1. The minimum Gasteiger partial charge on any atom is -0.450 e. The maximum Gasteiger partial charge on any atom is 0.312 e. The van der Waals surface area contributed by atoms with Crippen LogP contribution in [0.4, 0.5) is 5.69 Å². The maximum absolute atomic E-state index is 12.7. The lowest BCUT2D eigenvalue weighted by Crippen LogP contribution is -2.04. The van der Waals surface area contributed by atoms with Gasteiger partial charge in [-0.05, 0) is 72.9 Å². The van der Waals surface area contributed by atoms with E-state index in [1.165, 1.54) is 49.8 Å². The van der Waals surface area contributed by atoms with E-state index < -0.39 is 4.92 Å². The van der Waals surface area contributed by atoms with Gasteiger partial charge in [-0.2, -0.15) is 0 Å². The normalized spacial score (nSPS) is 14.2. The van der Waals surface area contributed by atoms with Crippen LogP contribution in [-0.4, -0.2) is 10.7 Å². The van der Waals surface area contributed by atoms with Crippen molar-refractivity contribution in [1.29, 1.82) is 0 Å². The first kappa shape index (κ1) is 21.2. The third kappa shape index (κ3) is 5.02. The van der Waals surface area contributed by atoms with Crippen molar-refractivity contribution in [2.75, 3.05) is 0 Å². The Morgan fingerprint density at radius 1 is 0.903 bits per heavy atom. The van der Waals surface area contributed by atoms with Gasteiger partial charge in [0.15, 0.2) is 5.78 Å². The van der Waals surface area contributed by atoms with Crippen LogP contribution in [0.5, 0.6) is 11.5 Å². The van der Waals surface area contributed by atoms with E-state index in [0.717, 1.165) is 4.47 Å². The average Bonchev–Trinajstić information content (AvgIpc) is 2.80. The first-order valence-electron chi connectivity index (χ1n) is 10.4. The topological polar surface area (TPSA) is 69.4 Å². The van der Waals surface area contributed by atoms with Crippen LogP contribution in [0.25, 0.3) is 0 Å². The van der Waals surface area contributed by atoms with Gasteiger partial charge >= 0.3 is 5.69 Å². The summed E-state index contributed by atoms with van der Waals surface area (Å²) in [5, 5.41) is 11.6. The summed E-state index contributed by atoms with van der Waals surface area (Å²) in [5.41, 5.74) is 1.76. The number of nitro benzene ring substituents is 1.